The van der Waals surface area contributed by atoms with Crippen molar-refractivity contribution in [3.63, 3.8) is 0 Å². The molecule has 4 nitrogen and oxygen atoms in total. The number of hydrogen-bond acceptors (Lipinski definition) is 5. The molecule has 0 spiro atoms. The van der Waals surface area contributed by atoms with Crippen molar-refractivity contribution >= 4 is 27.4 Å². The summed E-state index contributed by atoms with van der Waals surface area (Å²) in [6, 6.07) is 0.134. The molecule has 0 aliphatic carbocycles. The van der Waals surface area contributed by atoms with Crippen LogP contribution in [0.15, 0.2) is 6.33 Å². The Bertz CT molecular complexity index is 547. The second-order valence-corrected chi connectivity index (χ2v) is 6.18. The second kappa shape index (κ2) is 5.20. The molecule has 0 amide bonds. The van der Waals surface area contributed by atoms with Gasteiger partial charge in [0.2, 0.25) is 0 Å². The molecule has 0 radical (unpaired) electrons. The first-order valence-electron chi connectivity index (χ1n) is 6.21. The van der Waals surface area contributed by atoms with E-state index >= 15 is 0 Å². The minimum atomic E-state index is 0.134. The van der Waals surface area contributed by atoms with E-state index in [4.69, 9.17) is 5.73 Å². The van der Waals surface area contributed by atoms with Crippen molar-refractivity contribution < 1.29 is 0 Å². The molecule has 0 saturated heterocycles. The SMILES string of the molecule is Cc1sc2ncnc(NCC(N)C(C)C)c2c1C. The minimum Gasteiger partial charge on any atom is -0.368 e. The van der Waals surface area contributed by atoms with Crippen LogP contribution in [0.25, 0.3) is 10.2 Å². The number of anilines is 1. The lowest BCUT2D eigenvalue weighted by molar-refractivity contribution is 0.511. The summed E-state index contributed by atoms with van der Waals surface area (Å²) in [6.45, 7) is 9.22. The van der Waals surface area contributed by atoms with Gasteiger partial charge in [-0.25, -0.2) is 9.97 Å². The first-order chi connectivity index (χ1) is 8.50. The van der Waals surface area contributed by atoms with Gasteiger partial charge in [-0.05, 0) is 25.3 Å². The molecule has 98 valence electrons. The van der Waals surface area contributed by atoms with E-state index < -0.39 is 0 Å². The van der Waals surface area contributed by atoms with Crippen molar-refractivity contribution in [2.45, 2.75) is 33.7 Å². The van der Waals surface area contributed by atoms with E-state index in [2.05, 4.69) is 43.0 Å². The van der Waals surface area contributed by atoms with Gasteiger partial charge in [0, 0.05) is 17.5 Å². The van der Waals surface area contributed by atoms with Gasteiger partial charge in [0.1, 0.15) is 17.0 Å². The molecular formula is C13H20N4S. The van der Waals surface area contributed by atoms with Crippen LogP contribution >= 0.6 is 11.3 Å². The first kappa shape index (κ1) is 13.2. The van der Waals surface area contributed by atoms with Crippen LogP contribution in [0.3, 0.4) is 0 Å². The summed E-state index contributed by atoms with van der Waals surface area (Å²) in [5, 5.41) is 4.49. The summed E-state index contributed by atoms with van der Waals surface area (Å²) in [5.41, 5.74) is 7.31. The summed E-state index contributed by atoms with van der Waals surface area (Å²) in [6.07, 6.45) is 1.61. The smallest absolute Gasteiger partial charge is 0.138 e. The third-order valence-electron chi connectivity index (χ3n) is 3.33. The van der Waals surface area contributed by atoms with Gasteiger partial charge in [-0.1, -0.05) is 13.8 Å². The zero-order valence-corrected chi connectivity index (χ0v) is 12.1. The Labute approximate surface area is 112 Å². The van der Waals surface area contributed by atoms with Gasteiger partial charge in [0.25, 0.3) is 0 Å². The average molecular weight is 264 g/mol. The van der Waals surface area contributed by atoms with Gasteiger partial charge in [0.05, 0.1) is 5.39 Å². The predicted molar refractivity (Wildman–Crippen MR) is 78.2 cm³/mol. The van der Waals surface area contributed by atoms with E-state index in [9.17, 15) is 0 Å². The fraction of sp³-hybridized carbons (Fsp3) is 0.538. The number of rotatable bonds is 4. The normalized spacial score (nSPS) is 13.2. The maximum absolute atomic E-state index is 6.05. The highest BCUT2D eigenvalue weighted by Crippen LogP contribution is 2.32. The Balaban J connectivity index is 2.28. The van der Waals surface area contributed by atoms with Crippen molar-refractivity contribution in [2.75, 3.05) is 11.9 Å². The monoisotopic (exact) mass is 264 g/mol. The molecule has 0 fully saturated rings. The third kappa shape index (κ3) is 2.47. The Morgan fingerprint density at radius 1 is 1.33 bits per heavy atom. The lowest BCUT2D eigenvalue weighted by atomic mass is 10.1. The van der Waals surface area contributed by atoms with Gasteiger partial charge >= 0.3 is 0 Å². The van der Waals surface area contributed by atoms with Gasteiger partial charge < -0.3 is 11.1 Å². The molecule has 2 aromatic rings. The highest BCUT2D eigenvalue weighted by molar-refractivity contribution is 7.18. The van der Waals surface area contributed by atoms with Crippen molar-refractivity contribution in [3.05, 3.63) is 16.8 Å². The fourth-order valence-corrected chi connectivity index (χ4v) is 2.76. The summed E-state index contributed by atoms with van der Waals surface area (Å²) in [5.74, 6) is 1.36. The lowest BCUT2D eigenvalue weighted by Gasteiger charge is -2.16. The number of thiophene rings is 1. The number of fused-ring (bicyclic) bond motifs is 1. The van der Waals surface area contributed by atoms with E-state index in [1.807, 2.05) is 0 Å². The van der Waals surface area contributed by atoms with E-state index in [1.165, 1.54) is 10.4 Å². The molecule has 2 heterocycles. The molecule has 3 N–H and O–H groups in total. The number of nitrogens with one attached hydrogen (secondary N) is 1. The molecule has 18 heavy (non-hydrogen) atoms. The number of nitrogens with zero attached hydrogens (tertiary/aromatic N) is 2. The van der Waals surface area contributed by atoms with Crippen molar-refractivity contribution in [1.82, 2.24) is 9.97 Å². The summed E-state index contributed by atoms with van der Waals surface area (Å²) >= 11 is 1.71. The summed E-state index contributed by atoms with van der Waals surface area (Å²) in [7, 11) is 0. The highest BCUT2D eigenvalue weighted by Gasteiger charge is 2.13. The van der Waals surface area contributed by atoms with Gasteiger partial charge in [0.15, 0.2) is 0 Å². The standard InChI is InChI=1S/C13H20N4S/c1-7(2)10(14)5-15-12-11-8(3)9(4)18-13(11)17-6-16-12/h6-7,10H,5,14H2,1-4H3,(H,15,16,17). The quantitative estimate of drug-likeness (QED) is 0.891. The van der Waals surface area contributed by atoms with Crippen LogP contribution in [0.4, 0.5) is 5.82 Å². The molecule has 0 aromatic carbocycles. The maximum Gasteiger partial charge on any atom is 0.138 e. The van der Waals surface area contributed by atoms with Crippen LogP contribution in [-0.4, -0.2) is 22.6 Å². The molecular weight excluding hydrogens is 244 g/mol. The second-order valence-electron chi connectivity index (χ2n) is 4.97. The Morgan fingerprint density at radius 3 is 2.72 bits per heavy atom. The molecule has 2 rings (SSSR count). The molecule has 0 aliphatic heterocycles. The molecule has 0 bridgehead atoms. The van der Waals surface area contributed by atoms with E-state index in [-0.39, 0.29) is 6.04 Å². The van der Waals surface area contributed by atoms with Crippen LogP contribution < -0.4 is 11.1 Å². The van der Waals surface area contributed by atoms with Crippen molar-refractivity contribution in [3.8, 4) is 0 Å². The topological polar surface area (TPSA) is 63.8 Å². The highest BCUT2D eigenvalue weighted by atomic mass is 32.1. The van der Waals surface area contributed by atoms with Gasteiger partial charge in [-0.15, -0.1) is 11.3 Å². The number of aromatic nitrogens is 2. The van der Waals surface area contributed by atoms with E-state index in [1.54, 1.807) is 17.7 Å². The Morgan fingerprint density at radius 2 is 2.06 bits per heavy atom. The van der Waals surface area contributed by atoms with Crippen LogP contribution in [0.1, 0.15) is 24.3 Å². The molecule has 5 heteroatoms. The fourth-order valence-electron chi connectivity index (χ4n) is 1.77. The predicted octanol–water partition coefficient (Wildman–Crippen LogP) is 2.70. The number of aryl methyl sites for hydroxylation is 2. The van der Waals surface area contributed by atoms with E-state index in [0.717, 1.165) is 22.6 Å². The van der Waals surface area contributed by atoms with Crippen molar-refractivity contribution in [2.24, 2.45) is 11.7 Å². The molecule has 2 aromatic heterocycles. The maximum atomic E-state index is 6.05. The Hall–Kier alpha value is -1.20. The third-order valence-corrected chi connectivity index (χ3v) is 4.44. The van der Waals surface area contributed by atoms with Crippen LogP contribution in [0.2, 0.25) is 0 Å². The molecule has 1 atom stereocenters. The van der Waals surface area contributed by atoms with Crippen LogP contribution in [-0.2, 0) is 0 Å². The zero-order valence-electron chi connectivity index (χ0n) is 11.3. The summed E-state index contributed by atoms with van der Waals surface area (Å²) < 4.78 is 0. The summed E-state index contributed by atoms with van der Waals surface area (Å²) in [4.78, 5) is 11.0. The molecule has 1 unspecified atom stereocenters. The molecule has 0 saturated carbocycles. The Kier molecular flexibility index (Phi) is 3.82. The van der Waals surface area contributed by atoms with Gasteiger partial charge in [-0.3, -0.25) is 0 Å². The van der Waals surface area contributed by atoms with Crippen LogP contribution in [0, 0.1) is 19.8 Å². The number of hydrogen-bond donors (Lipinski definition) is 2. The van der Waals surface area contributed by atoms with Crippen molar-refractivity contribution in [1.29, 1.82) is 0 Å². The zero-order chi connectivity index (χ0) is 13.3. The lowest BCUT2D eigenvalue weighted by Crippen LogP contribution is -2.34. The van der Waals surface area contributed by atoms with Gasteiger partial charge in [-0.2, -0.15) is 0 Å². The first-order valence-corrected chi connectivity index (χ1v) is 7.02. The largest absolute Gasteiger partial charge is 0.368 e. The van der Waals surface area contributed by atoms with Crippen LogP contribution in [0.5, 0.6) is 0 Å². The minimum absolute atomic E-state index is 0.134. The van der Waals surface area contributed by atoms with E-state index in [0.29, 0.717) is 5.92 Å². The average Bonchev–Trinajstić information content (AvgIpc) is 2.62. The molecule has 0 aliphatic rings. The number of nitrogens with two attached hydrogens (primary N) is 1.